The standard InChI is InChI=1S/C21H26FN3O2/c1-2-27-20-6-4-3-5-19(20)21(26)23-11-12-24-13-15-25(16-14-24)18-9-7-17(22)8-10-18/h3-10H,2,11-16H2,1H3,(H,23,26). The largest absolute Gasteiger partial charge is 0.493 e. The van der Waals surface area contributed by atoms with Gasteiger partial charge in [-0.25, -0.2) is 4.39 Å². The lowest BCUT2D eigenvalue weighted by Gasteiger charge is -2.36. The van der Waals surface area contributed by atoms with Gasteiger partial charge in [-0.15, -0.1) is 0 Å². The molecule has 2 aromatic rings. The Balaban J connectivity index is 1.43. The molecule has 3 rings (SSSR count). The summed E-state index contributed by atoms with van der Waals surface area (Å²) in [6.07, 6.45) is 0. The molecule has 0 aromatic heterocycles. The number of hydrogen-bond acceptors (Lipinski definition) is 4. The molecule has 2 aromatic carbocycles. The van der Waals surface area contributed by atoms with Gasteiger partial charge < -0.3 is 15.0 Å². The van der Waals surface area contributed by atoms with Crippen molar-refractivity contribution in [1.29, 1.82) is 0 Å². The monoisotopic (exact) mass is 371 g/mol. The fraction of sp³-hybridized carbons (Fsp3) is 0.381. The van der Waals surface area contributed by atoms with Crippen molar-refractivity contribution in [3.63, 3.8) is 0 Å². The van der Waals surface area contributed by atoms with Gasteiger partial charge in [0.15, 0.2) is 0 Å². The fourth-order valence-electron chi connectivity index (χ4n) is 3.24. The maximum atomic E-state index is 13.0. The molecule has 1 saturated heterocycles. The number of piperazine rings is 1. The molecule has 1 fully saturated rings. The summed E-state index contributed by atoms with van der Waals surface area (Å²) >= 11 is 0. The van der Waals surface area contributed by atoms with Crippen LogP contribution in [0.4, 0.5) is 10.1 Å². The number of anilines is 1. The first-order valence-corrected chi connectivity index (χ1v) is 9.40. The van der Waals surface area contributed by atoms with Crippen molar-refractivity contribution < 1.29 is 13.9 Å². The zero-order chi connectivity index (χ0) is 19.1. The highest BCUT2D eigenvalue weighted by Gasteiger charge is 2.17. The number of ether oxygens (including phenoxy) is 1. The van der Waals surface area contributed by atoms with Crippen molar-refractivity contribution in [2.75, 3.05) is 50.8 Å². The minimum absolute atomic E-state index is 0.107. The Kier molecular flexibility index (Phi) is 6.65. The number of hydrogen-bond donors (Lipinski definition) is 1. The van der Waals surface area contributed by atoms with Crippen LogP contribution in [0.2, 0.25) is 0 Å². The molecule has 0 radical (unpaired) electrons. The highest BCUT2D eigenvalue weighted by molar-refractivity contribution is 5.96. The second-order valence-corrected chi connectivity index (χ2v) is 6.49. The van der Waals surface area contributed by atoms with Gasteiger partial charge in [0.05, 0.1) is 12.2 Å². The Labute approximate surface area is 159 Å². The number of carbonyl (C=O) groups is 1. The molecular formula is C21H26FN3O2. The van der Waals surface area contributed by atoms with Gasteiger partial charge in [-0.05, 0) is 43.3 Å². The molecular weight excluding hydrogens is 345 g/mol. The van der Waals surface area contributed by atoms with Gasteiger partial charge in [0.25, 0.3) is 5.91 Å². The van der Waals surface area contributed by atoms with E-state index in [4.69, 9.17) is 4.74 Å². The highest BCUT2D eigenvalue weighted by atomic mass is 19.1. The van der Waals surface area contributed by atoms with Crippen LogP contribution in [-0.4, -0.2) is 56.7 Å². The third kappa shape index (κ3) is 5.20. The average Bonchev–Trinajstić information content (AvgIpc) is 2.70. The number of halogens is 1. The summed E-state index contributed by atoms with van der Waals surface area (Å²) in [6.45, 7) is 7.46. The average molecular weight is 371 g/mol. The van der Waals surface area contributed by atoms with Gasteiger partial charge >= 0.3 is 0 Å². The molecule has 1 N–H and O–H groups in total. The summed E-state index contributed by atoms with van der Waals surface area (Å²) in [5, 5.41) is 2.98. The Bertz CT molecular complexity index is 743. The molecule has 0 atom stereocenters. The van der Waals surface area contributed by atoms with Gasteiger partial charge in [0.2, 0.25) is 0 Å². The van der Waals surface area contributed by atoms with E-state index in [1.807, 2.05) is 37.3 Å². The first kappa shape index (κ1) is 19.2. The van der Waals surface area contributed by atoms with E-state index in [0.717, 1.165) is 38.4 Å². The summed E-state index contributed by atoms with van der Waals surface area (Å²) in [5.74, 6) is 0.299. The Morgan fingerprint density at radius 2 is 1.78 bits per heavy atom. The van der Waals surface area contributed by atoms with Gasteiger partial charge in [0.1, 0.15) is 11.6 Å². The number of amides is 1. The van der Waals surface area contributed by atoms with Gasteiger partial charge in [-0.2, -0.15) is 0 Å². The zero-order valence-corrected chi connectivity index (χ0v) is 15.7. The van der Waals surface area contributed by atoms with Gasteiger partial charge in [-0.3, -0.25) is 9.69 Å². The quantitative estimate of drug-likeness (QED) is 0.813. The molecule has 0 saturated carbocycles. The smallest absolute Gasteiger partial charge is 0.255 e. The Hall–Kier alpha value is -2.60. The summed E-state index contributed by atoms with van der Waals surface area (Å²) in [7, 11) is 0. The maximum Gasteiger partial charge on any atom is 0.255 e. The predicted molar refractivity (Wildman–Crippen MR) is 105 cm³/mol. The van der Waals surface area contributed by atoms with Crippen LogP contribution in [0.1, 0.15) is 17.3 Å². The number of carbonyl (C=O) groups excluding carboxylic acids is 1. The molecule has 1 aliphatic heterocycles. The third-order valence-corrected chi connectivity index (χ3v) is 4.71. The Morgan fingerprint density at radius 1 is 1.07 bits per heavy atom. The first-order valence-electron chi connectivity index (χ1n) is 9.40. The molecule has 5 nitrogen and oxygen atoms in total. The van der Waals surface area contributed by atoms with Crippen molar-refractivity contribution in [1.82, 2.24) is 10.2 Å². The molecule has 0 bridgehead atoms. The molecule has 27 heavy (non-hydrogen) atoms. The molecule has 6 heteroatoms. The summed E-state index contributed by atoms with van der Waals surface area (Å²) in [5.41, 5.74) is 1.62. The van der Waals surface area contributed by atoms with Crippen LogP contribution in [0.25, 0.3) is 0 Å². The van der Waals surface area contributed by atoms with Crippen LogP contribution in [0.15, 0.2) is 48.5 Å². The molecule has 0 aliphatic carbocycles. The van der Waals surface area contributed by atoms with Crippen LogP contribution in [-0.2, 0) is 0 Å². The molecule has 1 amide bonds. The normalized spacial score (nSPS) is 14.8. The SMILES string of the molecule is CCOc1ccccc1C(=O)NCCN1CCN(c2ccc(F)cc2)CC1. The number of nitrogens with zero attached hydrogens (tertiary/aromatic N) is 2. The van der Waals surface area contributed by atoms with E-state index in [9.17, 15) is 9.18 Å². The number of rotatable bonds is 7. The predicted octanol–water partition coefficient (Wildman–Crippen LogP) is 2.78. The molecule has 1 aliphatic rings. The van der Waals surface area contributed by atoms with E-state index < -0.39 is 0 Å². The van der Waals surface area contributed by atoms with E-state index in [0.29, 0.717) is 24.5 Å². The second-order valence-electron chi connectivity index (χ2n) is 6.49. The van der Waals surface area contributed by atoms with Crippen LogP contribution in [0.3, 0.4) is 0 Å². The lowest BCUT2D eigenvalue weighted by molar-refractivity contribution is 0.0944. The van der Waals surface area contributed by atoms with Gasteiger partial charge in [0, 0.05) is 45.0 Å². The van der Waals surface area contributed by atoms with E-state index in [1.165, 1.54) is 12.1 Å². The number of para-hydroxylation sites is 1. The molecule has 0 unspecified atom stereocenters. The van der Waals surface area contributed by atoms with Crippen LogP contribution < -0.4 is 15.0 Å². The summed E-state index contributed by atoms with van der Waals surface area (Å²) in [4.78, 5) is 17.0. The topological polar surface area (TPSA) is 44.8 Å². The fourth-order valence-corrected chi connectivity index (χ4v) is 3.24. The van der Waals surface area contributed by atoms with E-state index in [1.54, 1.807) is 6.07 Å². The van der Waals surface area contributed by atoms with Crippen molar-refractivity contribution in [2.24, 2.45) is 0 Å². The third-order valence-electron chi connectivity index (χ3n) is 4.71. The zero-order valence-electron chi connectivity index (χ0n) is 15.7. The van der Waals surface area contributed by atoms with Crippen molar-refractivity contribution >= 4 is 11.6 Å². The lowest BCUT2D eigenvalue weighted by atomic mass is 10.2. The summed E-state index contributed by atoms with van der Waals surface area (Å²) < 4.78 is 18.6. The second kappa shape index (κ2) is 9.37. The van der Waals surface area contributed by atoms with Crippen molar-refractivity contribution in [3.8, 4) is 5.75 Å². The lowest BCUT2D eigenvalue weighted by Crippen LogP contribution is -2.48. The van der Waals surface area contributed by atoms with Gasteiger partial charge in [-0.1, -0.05) is 12.1 Å². The molecule has 144 valence electrons. The van der Waals surface area contributed by atoms with E-state index >= 15 is 0 Å². The van der Waals surface area contributed by atoms with Crippen LogP contribution >= 0.6 is 0 Å². The van der Waals surface area contributed by atoms with E-state index in [-0.39, 0.29) is 11.7 Å². The van der Waals surface area contributed by atoms with Crippen LogP contribution in [0.5, 0.6) is 5.75 Å². The number of nitrogens with one attached hydrogen (secondary N) is 1. The first-order chi connectivity index (χ1) is 13.2. The van der Waals surface area contributed by atoms with E-state index in [2.05, 4.69) is 15.1 Å². The van der Waals surface area contributed by atoms with Crippen LogP contribution in [0, 0.1) is 5.82 Å². The van der Waals surface area contributed by atoms with Crippen molar-refractivity contribution in [3.05, 3.63) is 59.9 Å². The minimum atomic E-state index is -0.209. The van der Waals surface area contributed by atoms with Crippen molar-refractivity contribution in [2.45, 2.75) is 6.92 Å². The Morgan fingerprint density at radius 3 is 2.48 bits per heavy atom. The number of benzene rings is 2. The minimum Gasteiger partial charge on any atom is -0.493 e. The molecule has 1 heterocycles. The molecule has 0 spiro atoms. The maximum absolute atomic E-state index is 13.0. The summed E-state index contributed by atoms with van der Waals surface area (Å²) in [6, 6.07) is 13.9. The highest BCUT2D eigenvalue weighted by Crippen LogP contribution is 2.18.